The summed E-state index contributed by atoms with van der Waals surface area (Å²) in [6.07, 6.45) is 0.774. The quantitative estimate of drug-likeness (QED) is 0.792. The van der Waals surface area contributed by atoms with E-state index in [4.69, 9.17) is 14.2 Å². The lowest BCUT2D eigenvalue weighted by atomic mass is 9.87. The zero-order chi connectivity index (χ0) is 17.2. The molecular weight excluding hydrogens is 304 g/mol. The minimum absolute atomic E-state index is 0.125. The summed E-state index contributed by atoms with van der Waals surface area (Å²) in [6.45, 7) is 7.94. The molecule has 0 bridgehead atoms. The lowest BCUT2D eigenvalue weighted by Gasteiger charge is -2.20. The van der Waals surface area contributed by atoms with Crippen molar-refractivity contribution in [3.8, 4) is 17.2 Å². The van der Waals surface area contributed by atoms with E-state index < -0.39 is 0 Å². The summed E-state index contributed by atoms with van der Waals surface area (Å²) >= 11 is 0. The second kappa shape index (κ2) is 6.56. The minimum atomic E-state index is 0.125. The normalized spacial score (nSPS) is 13.5. The van der Waals surface area contributed by atoms with Crippen LogP contribution in [0, 0.1) is 0 Å². The molecule has 0 saturated carbocycles. The van der Waals surface area contributed by atoms with Gasteiger partial charge in [-0.15, -0.1) is 0 Å². The van der Waals surface area contributed by atoms with Crippen LogP contribution >= 0.6 is 0 Å². The number of hydrogen-bond acceptors (Lipinski definition) is 4. The maximum atomic E-state index is 11.3. The van der Waals surface area contributed by atoms with Crippen LogP contribution in [-0.4, -0.2) is 19.5 Å². The molecule has 2 aromatic carbocycles. The number of hydrogen-bond donors (Lipinski definition) is 0. The maximum Gasteiger partial charge on any atom is 0.165 e. The fraction of sp³-hybridized carbons (Fsp3) is 0.350. The van der Waals surface area contributed by atoms with E-state index in [9.17, 15) is 4.79 Å². The van der Waals surface area contributed by atoms with E-state index in [0.29, 0.717) is 42.6 Å². The first-order chi connectivity index (χ1) is 11.5. The molecule has 1 heterocycles. The third kappa shape index (κ3) is 3.53. The van der Waals surface area contributed by atoms with E-state index in [2.05, 4.69) is 45.0 Å². The summed E-state index contributed by atoms with van der Waals surface area (Å²) in [7, 11) is 0. The summed E-state index contributed by atoms with van der Waals surface area (Å²) in [5.41, 5.74) is 2.92. The van der Waals surface area contributed by atoms with Gasteiger partial charge in [-0.1, -0.05) is 45.0 Å². The highest BCUT2D eigenvalue weighted by molar-refractivity contribution is 5.81. The predicted molar refractivity (Wildman–Crippen MR) is 92.3 cm³/mol. The standard InChI is InChI=1S/C20H22O4/c1-20(2,3)16-6-4-14(5-7-16)13-24-17-11-19-18(10-15(17)12-21)22-8-9-23-19/h4-7,10-12H,8-9,13H2,1-3H3. The Morgan fingerprint density at radius 3 is 2.25 bits per heavy atom. The van der Waals surface area contributed by atoms with Crippen molar-refractivity contribution in [3.63, 3.8) is 0 Å². The zero-order valence-corrected chi connectivity index (χ0v) is 14.3. The van der Waals surface area contributed by atoms with Crippen molar-refractivity contribution in [2.24, 2.45) is 0 Å². The molecule has 0 saturated heterocycles. The Balaban J connectivity index is 1.75. The summed E-state index contributed by atoms with van der Waals surface area (Å²) in [6, 6.07) is 11.7. The van der Waals surface area contributed by atoms with Crippen molar-refractivity contribution < 1.29 is 19.0 Å². The van der Waals surface area contributed by atoms with Gasteiger partial charge in [-0.05, 0) is 22.6 Å². The molecule has 2 aromatic rings. The van der Waals surface area contributed by atoms with E-state index in [1.807, 2.05) is 0 Å². The molecule has 0 aromatic heterocycles. The van der Waals surface area contributed by atoms with E-state index in [1.165, 1.54) is 5.56 Å². The average Bonchev–Trinajstić information content (AvgIpc) is 2.58. The smallest absolute Gasteiger partial charge is 0.165 e. The van der Waals surface area contributed by atoms with E-state index >= 15 is 0 Å². The van der Waals surface area contributed by atoms with E-state index in [0.717, 1.165) is 11.8 Å². The lowest BCUT2D eigenvalue weighted by molar-refractivity contribution is 0.111. The van der Waals surface area contributed by atoms with Gasteiger partial charge in [0.1, 0.15) is 25.6 Å². The Morgan fingerprint density at radius 2 is 1.67 bits per heavy atom. The van der Waals surface area contributed by atoms with Crippen LogP contribution in [0.4, 0.5) is 0 Å². The molecule has 0 aliphatic carbocycles. The van der Waals surface area contributed by atoms with Crippen LogP contribution in [0.1, 0.15) is 42.3 Å². The molecule has 4 nitrogen and oxygen atoms in total. The summed E-state index contributed by atoms with van der Waals surface area (Å²) in [4.78, 5) is 11.3. The second-order valence-electron chi connectivity index (χ2n) is 6.89. The number of ether oxygens (including phenoxy) is 3. The fourth-order valence-corrected chi connectivity index (χ4v) is 2.57. The number of fused-ring (bicyclic) bond motifs is 1. The number of rotatable bonds is 4. The van der Waals surface area contributed by atoms with Gasteiger partial charge in [-0.2, -0.15) is 0 Å². The molecule has 0 N–H and O–H groups in total. The van der Waals surface area contributed by atoms with Gasteiger partial charge in [-0.3, -0.25) is 4.79 Å². The lowest BCUT2D eigenvalue weighted by Crippen LogP contribution is -2.15. The molecule has 0 unspecified atom stereocenters. The van der Waals surface area contributed by atoms with E-state index in [-0.39, 0.29) is 5.41 Å². The second-order valence-corrected chi connectivity index (χ2v) is 6.89. The SMILES string of the molecule is CC(C)(C)c1ccc(COc2cc3c(cc2C=O)OCCO3)cc1. The predicted octanol–water partition coefficient (Wildman–Crippen LogP) is 4.15. The first-order valence-electron chi connectivity index (χ1n) is 8.08. The highest BCUT2D eigenvalue weighted by Gasteiger charge is 2.17. The first kappa shape index (κ1) is 16.4. The summed E-state index contributed by atoms with van der Waals surface area (Å²) in [5, 5.41) is 0. The molecule has 24 heavy (non-hydrogen) atoms. The largest absolute Gasteiger partial charge is 0.488 e. The van der Waals surface area contributed by atoms with Gasteiger partial charge in [0, 0.05) is 6.07 Å². The van der Waals surface area contributed by atoms with Crippen molar-refractivity contribution in [3.05, 3.63) is 53.1 Å². The molecular formula is C20H22O4. The molecule has 126 valence electrons. The number of carbonyl (C=O) groups is 1. The van der Waals surface area contributed by atoms with Crippen LogP contribution < -0.4 is 14.2 Å². The summed E-state index contributed by atoms with van der Waals surface area (Å²) in [5.74, 6) is 1.71. The molecule has 0 amide bonds. The third-order valence-electron chi connectivity index (χ3n) is 4.02. The van der Waals surface area contributed by atoms with Crippen molar-refractivity contribution in [2.75, 3.05) is 13.2 Å². The van der Waals surface area contributed by atoms with Crippen molar-refractivity contribution in [1.82, 2.24) is 0 Å². The molecule has 0 radical (unpaired) electrons. The van der Waals surface area contributed by atoms with Gasteiger partial charge >= 0.3 is 0 Å². The number of benzene rings is 2. The molecule has 0 fully saturated rings. The zero-order valence-electron chi connectivity index (χ0n) is 14.3. The van der Waals surface area contributed by atoms with Gasteiger partial charge in [-0.25, -0.2) is 0 Å². The van der Waals surface area contributed by atoms with Crippen molar-refractivity contribution >= 4 is 6.29 Å². The van der Waals surface area contributed by atoms with Crippen LogP contribution in [0.5, 0.6) is 17.2 Å². The Kier molecular flexibility index (Phi) is 4.47. The van der Waals surface area contributed by atoms with Crippen molar-refractivity contribution in [2.45, 2.75) is 32.8 Å². The highest BCUT2D eigenvalue weighted by Crippen LogP contribution is 2.36. The fourth-order valence-electron chi connectivity index (χ4n) is 2.57. The van der Waals surface area contributed by atoms with Crippen LogP contribution in [-0.2, 0) is 12.0 Å². The molecule has 1 aliphatic heterocycles. The van der Waals surface area contributed by atoms with Gasteiger partial charge in [0.15, 0.2) is 17.8 Å². The van der Waals surface area contributed by atoms with E-state index in [1.54, 1.807) is 12.1 Å². The van der Waals surface area contributed by atoms with Gasteiger partial charge in [0.05, 0.1) is 5.56 Å². The molecule has 0 spiro atoms. The van der Waals surface area contributed by atoms with Gasteiger partial charge in [0.25, 0.3) is 0 Å². The van der Waals surface area contributed by atoms with Crippen LogP contribution in [0.2, 0.25) is 0 Å². The summed E-state index contributed by atoms with van der Waals surface area (Å²) < 4.78 is 16.9. The highest BCUT2D eigenvalue weighted by atomic mass is 16.6. The van der Waals surface area contributed by atoms with Crippen LogP contribution in [0.25, 0.3) is 0 Å². The molecule has 3 rings (SSSR count). The number of carbonyl (C=O) groups excluding carboxylic acids is 1. The monoisotopic (exact) mass is 326 g/mol. The Bertz CT molecular complexity index is 727. The average molecular weight is 326 g/mol. The molecule has 1 aliphatic rings. The van der Waals surface area contributed by atoms with Crippen molar-refractivity contribution in [1.29, 1.82) is 0 Å². The number of aldehydes is 1. The van der Waals surface area contributed by atoms with Crippen LogP contribution in [0.3, 0.4) is 0 Å². The third-order valence-corrected chi connectivity index (χ3v) is 4.02. The Labute approximate surface area is 142 Å². The minimum Gasteiger partial charge on any atom is -0.488 e. The first-order valence-corrected chi connectivity index (χ1v) is 8.08. The molecule has 0 atom stereocenters. The van der Waals surface area contributed by atoms with Crippen LogP contribution in [0.15, 0.2) is 36.4 Å². The molecule has 4 heteroatoms. The van der Waals surface area contributed by atoms with Gasteiger partial charge < -0.3 is 14.2 Å². The Hall–Kier alpha value is -2.49. The maximum absolute atomic E-state index is 11.3. The van der Waals surface area contributed by atoms with Gasteiger partial charge in [0.2, 0.25) is 0 Å². The Morgan fingerprint density at radius 1 is 1.04 bits per heavy atom. The topological polar surface area (TPSA) is 44.8 Å².